The van der Waals surface area contributed by atoms with Gasteiger partial charge in [0.1, 0.15) is 0 Å². The summed E-state index contributed by atoms with van der Waals surface area (Å²) in [6.07, 6.45) is 1.46. The van der Waals surface area contributed by atoms with Crippen molar-refractivity contribution in [3.63, 3.8) is 0 Å². The lowest BCUT2D eigenvalue weighted by molar-refractivity contribution is -0.116. The van der Waals surface area contributed by atoms with Crippen molar-refractivity contribution in [1.82, 2.24) is 0 Å². The number of benzene rings is 2. The first kappa shape index (κ1) is 15.9. The third-order valence-electron chi connectivity index (χ3n) is 3.22. The molecule has 2 aromatic rings. The summed E-state index contributed by atoms with van der Waals surface area (Å²) in [6.45, 7) is 4.24. The van der Waals surface area contributed by atoms with Crippen LogP contribution in [0.4, 0.5) is 5.69 Å². The highest BCUT2D eigenvalue weighted by molar-refractivity contribution is 5.90. The van der Waals surface area contributed by atoms with Crippen LogP contribution in [0.25, 0.3) is 0 Å². The maximum absolute atomic E-state index is 11.9. The zero-order chi connectivity index (χ0) is 15.8. The Kier molecular flexibility index (Phi) is 5.80. The van der Waals surface area contributed by atoms with Crippen molar-refractivity contribution >= 4 is 11.6 Å². The summed E-state index contributed by atoms with van der Waals surface area (Å²) in [7, 11) is 0. The maximum Gasteiger partial charge on any atom is 0.224 e. The Morgan fingerprint density at radius 3 is 2.41 bits per heavy atom. The van der Waals surface area contributed by atoms with E-state index in [0.29, 0.717) is 12.3 Å². The van der Waals surface area contributed by atoms with Gasteiger partial charge in [-0.15, -0.1) is 0 Å². The van der Waals surface area contributed by atoms with Gasteiger partial charge >= 0.3 is 0 Å². The average molecular weight is 291 g/mol. The van der Waals surface area contributed by atoms with E-state index in [9.17, 15) is 4.79 Å². The lowest BCUT2D eigenvalue weighted by Gasteiger charge is -2.07. The number of nitrogens with one attached hydrogen (secondary N) is 1. The predicted molar refractivity (Wildman–Crippen MR) is 91.6 cm³/mol. The molecule has 2 aromatic carbocycles. The fourth-order valence-corrected chi connectivity index (χ4v) is 1.98. The van der Waals surface area contributed by atoms with E-state index in [1.54, 1.807) is 0 Å². The molecule has 0 saturated heterocycles. The summed E-state index contributed by atoms with van der Waals surface area (Å²) < 4.78 is 0. The predicted octanol–water partition coefficient (Wildman–Crippen LogP) is 4.46. The molecule has 112 valence electrons. The molecule has 22 heavy (non-hydrogen) atoms. The largest absolute Gasteiger partial charge is 0.326 e. The minimum atomic E-state index is 0.0573. The molecule has 0 aliphatic heterocycles. The van der Waals surface area contributed by atoms with Crippen LogP contribution in [0.2, 0.25) is 0 Å². The molecule has 0 saturated carbocycles. The number of carbonyl (C=O) groups excluding carboxylic acids is 1. The van der Waals surface area contributed by atoms with Crippen molar-refractivity contribution in [2.45, 2.75) is 26.7 Å². The van der Waals surface area contributed by atoms with Crippen LogP contribution in [-0.2, 0) is 4.79 Å². The molecule has 2 nitrogen and oxygen atoms in total. The topological polar surface area (TPSA) is 29.1 Å². The van der Waals surface area contributed by atoms with Crippen LogP contribution in [0.1, 0.15) is 37.8 Å². The lowest BCUT2D eigenvalue weighted by atomic mass is 10.1. The van der Waals surface area contributed by atoms with Gasteiger partial charge in [-0.3, -0.25) is 4.79 Å². The summed E-state index contributed by atoms with van der Waals surface area (Å²) in [6, 6.07) is 17.5. The Balaban J connectivity index is 2.01. The highest BCUT2D eigenvalue weighted by Gasteiger charge is 2.04. The van der Waals surface area contributed by atoms with Gasteiger partial charge in [0.05, 0.1) is 0 Å². The van der Waals surface area contributed by atoms with Crippen molar-refractivity contribution in [2.75, 3.05) is 5.32 Å². The zero-order valence-electron chi connectivity index (χ0n) is 13.1. The molecule has 1 amide bonds. The second-order valence-electron chi connectivity index (χ2n) is 5.68. The standard InChI is InChI=1S/C20H21NO/c1-16(2)11-14-20(22)21-19-10-6-9-18(15-19)13-12-17-7-4-3-5-8-17/h3-10,15-16H,11,14H2,1-2H3,(H,21,22). The number of rotatable bonds is 4. The molecule has 0 aromatic heterocycles. The minimum absolute atomic E-state index is 0.0573. The van der Waals surface area contributed by atoms with E-state index < -0.39 is 0 Å². The van der Waals surface area contributed by atoms with Gasteiger partial charge in [0.15, 0.2) is 0 Å². The van der Waals surface area contributed by atoms with Crippen molar-refractivity contribution < 1.29 is 4.79 Å². The Hall–Kier alpha value is -2.53. The first-order valence-electron chi connectivity index (χ1n) is 7.60. The monoisotopic (exact) mass is 291 g/mol. The highest BCUT2D eigenvalue weighted by Crippen LogP contribution is 2.12. The number of hydrogen-bond donors (Lipinski definition) is 1. The molecule has 0 aliphatic carbocycles. The molecule has 2 rings (SSSR count). The Morgan fingerprint density at radius 1 is 1.00 bits per heavy atom. The number of anilines is 1. The molecule has 0 spiro atoms. The molecule has 0 heterocycles. The van der Waals surface area contributed by atoms with Crippen LogP contribution >= 0.6 is 0 Å². The summed E-state index contributed by atoms with van der Waals surface area (Å²) >= 11 is 0. The third-order valence-corrected chi connectivity index (χ3v) is 3.22. The molecule has 0 unspecified atom stereocenters. The molecule has 0 fully saturated rings. The minimum Gasteiger partial charge on any atom is -0.326 e. The van der Waals surface area contributed by atoms with Crippen molar-refractivity contribution in [3.8, 4) is 11.8 Å². The normalized spacial score (nSPS) is 9.95. The SMILES string of the molecule is CC(C)CCC(=O)Nc1cccc(C#Cc2ccccc2)c1. The van der Waals surface area contributed by atoms with Gasteiger partial charge in [0.2, 0.25) is 5.91 Å². The summed E-state index contributed by atoms with van der Waals surface area (Å²) in [5.74, 6) is 6.84. The third kappa shape index (κ3) is 5.46. The van der Waals surface area contributed by atoms with E-state index in [0.717, 1.165) is 23.2 Å². The quantitative estimate of drug-likeness (QED) is 0.828. The smallest absolute Gasteiger partial charge is 0.224 e. The second kappa shape index (κ2) is 8.05. The molecule has 0 aliphatic rings. The van der Waals surface area contributed by atoms with E-state index in [-0.39, 0.29) is 5.91 Å². The second-order valence-corrected chi connectivity index (χ2v) is 5.68. The number of amides is 1. The summed E-state index contributed by atoms with van der Waals surface area (Å²) in [5.41, 5.74) is 2.67. The van der Waals surface area contributed by atoms with Gasteiger partial charge < -0.3 is 5.32 Å². The molecule has 0 radical (unpaired) electrons. The average Bonchev–Trinajstić information content (AvgIpc) is 2.52. The van der Waals surface area contributed by atoms with E-state index in [4.69, 9.17) is 0 Å². The van der Waals surface area contributed by atoms with Crippen molar-refractivity contribution in [1.29, 1.82) is 0 Å². The van der Waals surface area contributed by atoms with E-state index >= 15 is 0 Å². The highest BCUT2D eigenvalue weighted by atomic mass is 16.1. The van der Waals surface area contributed by atoms with E-state index in [1.165, 1.54) is 0 Å². The fraction of sp³-hybridized carbons (Fsp3) is 0.250. The molecule has 0 atom stereocenters. The van der Waals surface area contributed by atoms with E-state index in [1.807, 2.05) is 54.6 Å². The molecule has 2 heteroatoms. The van der Waals surface area contributed by atoms with Crippen LogP contribution in [0, 0.1) is 17.8 Å². The molecular weight excluding hydrogens is 270 g/mol. The lowest BCUT2D eigenvalue weighted by Crippen LogP contribution is -2.12. The van der Waals surface area contributed by atoms with Gasteiger partial charge in [0.25, 0.3) is 0 Å². The van der Waals surface area contributed by atoms with E-state index in [2.05, 4.69) is 31.0 Å². The Morgan fingerprint density at radius 2 is 1.68 bits per heavy atom. The number of hydrogen-bond acceptors (Lipinski definition) is 1. The van der Waals surface area contributed by atoms with Crippen LogP contribution in [0.5, 0.6) is 0 Å². The first-order valence-corrected chi connectivity index (χ1v) is 7.60. The fourth-order valence-electron chi connectivity index (χ4n) is 1.98. The van der Waals surface area contributed by atoms with Crippen LogP contribution in [0.15, 0.2) is 54.6 Å². The van der Waals surface area contributed by atoms with Gasteiger partial charge in [-0.1, -0.05) is 50.0 Å². The zero-order valence-corrected chi connectivity index (χ0v) is 13.1. The molecule has 1 N–H and O–H groups in total. The van der Waals surface area contributed by atoms with Gasteiger partial charge in [-0.05, 0) is 42.7 Å². The van der Waals surface area contributed by atoms with Crippen molar-refractivity contribution in [3.05, 3.63) is 65.7 Å². The van der Waals surface area contributed by atoms with Gasteiger partial charge in [-0.25, -0.2) is 0 Å². The Labute approximate surface area is 132 Å². The molecular formula is C20H21NO. The number of carbonyl (C=O) groups is 1. The maximum atomic E-state index is 11.9. The van der Waals surface area contributed by atoms with Gasteiger partial charge in [-0.2, -0.15) is 0 Å². The first-order chi connectivity index (χ1) is 10.6. The summed E-state index contributed by atoms with van der Waals surface area (Å²) in [5, 5.41) is 2.93. The van der Waals surface area contributed by atoms with Crippen LogP contribution < -0.4 is 5.32 Å². The summed E-state index contributed by atoms with van der Waals surface area (Å²) in [4.78, 5) is 11.9. The van der Waals surface area contributed by atoms with Crippen LogP contribution in [-0.4, -0.2) is 5.91 Å². The van der Waals surface area contributed by atoms with Crippen molar-refractivity contribution in [2.24, 2.45) is 5.92 Å². The van der Waals surface area contributed by atoms with Gasteiger partial charge in [0, 0.05) is 23.2 Å². The van der Waals surface area contributed by atoms with Crippen LogP contribution in [0.3, 0.4) is 0 Å². The molecule has 0 bridgehead atoms. The Bertz CT molecular complexity index is 678.